The first kappa shape index (κ1) is 13.7. The molecule has 1 aromatic carbocycles. The maximum atomic E-state index is 13.3. The van der Waals surface area contributed by atoms with Crippen LogP contribution in [0.5, 0.6) is 0 Å². The fourth-order valence-electron chi connectivity index (χ4n) is 1.94. The lowest BCUT2D eigenvalue weighted by atomic mass is 10.0. The second kappa shape index (κ2) is 5.34. The summed E-state index contributed by atoms with van der Waals surface area (Å²) in [5.74, 6) is -0.786. The third kappa shape index (κ3) is 3.32. The van der Waals surface area contributed by atoms with Gasteiger partial charge in [0, 0.05) is 19.2 Å². The predicted octanol–water partition coefficient (Wildman–Crippen LogP) is 3.42. The monoisotopic (exact) mass is 242 g/mol. The molecule has 0 spiro atoms. The van der Waals surface area contributed by atoms with Crippen molar-refractivity contribution in [2.24, 2.45) is 5.92 Å². The van der Waals surface area contributed by atoms with Crippen molar-refractivity contribution in [2.45, 2.75) is 33.2 Å². The quantitative estimate of drug-likeness (QED) is 0.820. The average Bonchev–Trinajstić information content (AvgIpc) is 2.21. The molecule has 2 N–H and O–H groups in total. The number of anilines is 2. The van der Waals surface area contributed by atoms with E-state index >= 15 is 0 Å². The molecule has 0 amide bonds. The van der Waals surface area contributed by atoms with Gasteiger partial charge < -0.3 is 10.6 Å². The lowest BCUT2D eigenvalue weighted by Gasteiger charge is -2.29. The summed E-state index contributed by atoms with van der Waals surface area (Å²) < 4.78 is 26.5. The lowest BCUT2D eigenvalue weighted by molar-refractivity contribution is 0.502. The Hall–Kier alpha value is -1.32. The summed E-state index contributed by atoms with van der Waals surface area (Å²) in [5, 5.41) is 0. The zero-order valence-corrected chi connectivity index (χ0v) is 10.8. The van der Waals surface area contributed by atoms with Crippen LogP contribution >= 0.6 is 0 Å². The molecule has 1 atom stereocenters. The normalized spacial score (nSPS) is 12.9. The van der Waals surface area contributed by atoms with Crippen LogP contribution in [-0.2, 0) is 0 Å². The smallest absolute Gasteiger partial charge is 0.151 e. The molecule has 0 fully saturated rings. The molecule has 0 radical (unpaired) electrons. The largest absolute Gasteiger partial charge is 0.395 e. The number of halogens is 2. The van der Waals surface area contributed by atoms with E-state index < -0.39 is 11.6 Å². The van der Waals surface area contributed by atoms with Gasteiger partial charge in [-0.2, -0.15) is 0 Å². The van der Waals surface area contributed by atoms with Gasteiger partial charge in [0.05, 0.1) is 11.4 Å². The Morgan fingerprint density at radius 1 is 1.24 bits per heavy atom. The first-order valence-electron chi connectivity index (χ1n) is 5.80. The second-order valence-corrected chi connectivity index (χ2v) is 4.91. The van der Waals surface area contributed by atoms with E-state index in [2.05, 4.69) is 13.8 Å². The average molecular weight is 242 g/mol. The van der Waals surface area contributed by atoms with Crippen molar-refractivity contribution < 1.29 is 8.78 Å². The van der Waals surface area contributed by atoms with E-state index in [1.54, 1.807) is 7.05 Å². The van der Waals surface area contributed by atoms with E-state index in [1.807, 2.05) is 11.8 Å². The molecule has 0 aliphatic heterocycles. The highest BCUT2D eigenvalue weighted by atomic mass is 19.1. The molecular weight excluding hydrogens is 222 g/mol. The zero-order valence-electron chi connectivity index (χ0n) is 10.8. The Bertz CT molecular complexity index is 391. The molecule has 0 aliphatic rings. The van der Waals surface area contributed by atoms with E-state index in [1.165, 1.54) is 6.07 Å². The van der Waals surface area contributed by atoms with Crippen LogP contribution in [0, 0.1) is 17.6 Å². The summed E-state index contributed by atoms with van der Waals surface area (Å²) in [5.41, 5.74) is 6.05. The standard InChI is InChI=1S/C13H20F2N2/c1-8(2)5-9(3)17(4)12-7-10(14)6-11(15)13(12)16/h6-9H,5,16H2,1-4H3. The van der Waals surface area contributed by atoms with Gasteiger partial charge in [-0.25, -0.2) is 8.78 Å². The highest BCUT2D eigenvalue weighted by Crippen LogP contribution is 2.28. The Morgan fingerprint density at radius 3 is 2.35 bits per heavy atom. The number of rotatable bonds is 4. The summed E-state index contributed by atoms with van der Waals surface area (Å²) in [6.07, 6.45) is 0.939. The van der Waals surface area contributed by atoms with Crippen LogP contribution in [0.3, 0.4) is 0 Å². The minimum atomic E-state index is -0.705. The van der Waals surface area contributed by atoms with Crippen molar-refractivity contribution in [3.8, 4) is 0 Å². The minimum Gasteiger partial charge on any atom is -0.395 e. The number of nitrogens with two attached hydrogens (primary N) is 1. The first-order valence-corrected chi connectivity index (χ1v) is 5.80. The summed E-state index contributed by atoms with van der Waals surface area (Å²) in [7, 11) is 1.80. The SMILES string of the molecule is CC(C)CC(C)N(C)c1cc(F)cc(F)c1N. The summed E-state index contributed by atoms with van der Waals surface area (Å²) in [4.78, 5) is 1.82. The van der Waals surface area contributed by atoms with Crippen LogP contribution in [0.25, 0.3) is 0 Å². The van der Waals surface area contributed by atoms with E-state index in [0.29, 0.717) is 11.6 Å². The Balaban J connectivity index is 2.99. The third-order valence-corrected chi connectivity index (χ3v) is 2.93. The van der Waals surface area contributed by atoms with E-state index in [9.17, 15) is 8.78 Å². The summed E-state index contributed by atoms with van der Waals surface area (Å²) >= 11 is 0. The van der Waals surface area contributed by atoms with E-state index in [-0.39, 0.29) is 11.7 Å². The van der Waals surface area contributed by atoms with Crippen LogP contribution in [-0.4, -0.2) is 13.1 Å². The molecule has 2 nitrogen and oxygen atoms in total. The molecule has 4 heteroatoms. The number of nitrogen functional groups attached to an aromatic ring is 1. The van der Waals surface area contributed by atoms with Crippen LogP contribution < -0.4 is 10.6 Å². The molecule has 0 aromatic heterocycles. The topological polar surface area (TPSA) is 29.3 Å². The van der Waals surface area contributed by atoms with Crippen molar-refractivity contribution in [1.29, 1.82) is 0 Å². The van der Waals surface area contributed by atoms with Crippen LogP contribution in [0.1, 0.15) is 27.2 Å². The highest BCUT2D eigenvalue weighted by Gasteiger charge is 2.17. The van der Waals surface area contributed by atoms with E-state index in [4.69, 9.17) is 5.73 Å². The molecule has 0 saturated carbocycles. The Labute approximate surface area is 101 Å². The molecular formula is C13H20F2N2. The molecule has 0 aliphatic carbocycles. The predicted molar refractivity (Wildman–Crippen MR) is 68.1 cm³/mol. The number of hydrogen-bond donors (Lipinski definition) is 1. The summed E-state index contributed by atoms with van der Waals surface area (Å²) in [6, 6.07) is 2.26. The van der Waals surface area contributed by atoms with Gasteiger partial charge in [-0.15, -0.1) is 0 Å². The van der Waals surface area contributed by atoms with Gasteiger partial charge in [0.25, 0.3) is 0 Å². The van der Waals surface area contributed by atoms with Gasteiger partial charge in [-0.3, -0.25) is 0 Å². The highest BCUT2D eigenvalue weighted by molar-refractivity contribution is 5.68. The minimum absolute atomic E-state index is 0.00417. The molecule has 0 heterocycles. The molecule has 1 aromatic rings. The van der Waals surface area contributed by atoms with Gasteiger partial charge in [0.2, 0.25) is 0 Å². The summed E-state index contributed by atoms with van der Waals surface area (Å²) in [6.45, 7) is 6.24. The molecule has 0 bridgehead atoms. The zero-order chi connectivity index (χ0) is 13.2. The number of nitrogens with zero attached hydrogens (tertiary/aromatic N) is 1. The third-order valence-electron chi connectivity index (χ3n) is 2.93. The molecule has 17 heavy (non-hydrogen) atoms. The van der Waals surface area contributed by atoms with Gasteiger partial charge in [0.1, 0.15) is 5.82 Å². The van der Waals surface area contributed by atoms with Crippen LogP contribution in [0.15, 0.2) is 12.1 Å². The van der Waals surface area contributed by atoms with Crippen molar-refractivity contribution in [1.82, 2.24) is 0 Å². The maximum absolute atomic E-state index is 13.3. The Kier molecular flexibility index (Phi) is 4.32. The molecule has 0 saturated heterocycles. The van der Waals surface area contributed by atoms with E-state index in [0.717, 1.165) is 12.5 Å². The van der Waals surface area contributed by atoms with Crippen LogP contribution in [0.4, 0.5) is 20.2 Å². The lowest BCUT2D eigenvalue weighted by Crippen LogP contribution is -2.31. The molecule has 1 unspecified atom stereocenters. The molecule has 96 valence electrons. The number of hydrogen-bond acceptors (Lipinski definition) is 2. The fourth-order valence-corrected chi connectivity index (χ4v) is 1.94. The first-order chi connectivity index (χ1) is 7.82. The molecule has 1 rings (SSSR count). The van der Waals surface area contributed by atoms with Crippen molar-refractivity contribution in [3.63, 3.8) is 0 Å². The van der Waals surface area contributed by atoms with Gasteiger partial charge >= 0.3 is 0 Å². The van der Waals surface area contributed by atoms with Crippen LogP contribution in [0.2, 0.25) is 0 Å². The maximum Gasteiger partial charge on any atom is 0.151 e. The second-order valence-electron chi connectivity index (χ2n) is 4.91. The van der Waals surface area contributed by atoms with Gasteiger partial charge in [0.15, 0.2) is 5.82 Å². The van der Waals surface area contributed by atoms with Crippen molar-refractivity contribution in [3.05, 3.63) is 23.8 Å². The Morgan fingerprint density at radius 2 is 1.82 bits per heavy atom. The fraction of sp³-hybridized carbons (Fsp3) is 0.538. The van der Waals surface area contributed by atoms with Gasteiger partial charge in [-0.1, -0.05) is 13.8 Å². The van der Waals surface area contributed by atoms with Gasteiger partial charge in [-0.05, 0) is 25.3 Å². The van der Waals surface area contributed by atoms with Crippen molar-refractivity contribution >= 4 is 11.4 Å². The number of benzene rings is 1. The van der Waals surface area contributed by atoms with Crippen molar-refractivity contribution in [2.75, 3.05) is 17.7 Å².